The molecular formula is C12H12N2O3. The van der Waals surface area contributed by atoms with Crippen LogP contribution in [0, 0.1) is 11.3 Å². The van der Waals surface area contributed by atoms with E-state index in [1.54, 1.807) is 19.1 Å². The molecule has 0 bridgehead atoms. The number of nitriles is 1. The summed E-state index contributed by atoms with van der Waals surface area (Å²) in [5.74, 6) is -1.63. The fourth-order valence-corrected chi connectivity index (χ4v) is 1.36. The van der Waals surface area contributed by atoms with E-state index >= 15 is 0 Å². The minimum absolute atomic E-state index is 0.0471. The first-order valence-electron chi connectivity index (χ1n) is 5.06. The third kappa shape index (κ3) is 3.31. The summed E-state index contributed by atoms with van der Waals surface area (Å²) in [6.07, 6.45) is 0.182. The van der Waals surface area contributed by atoms with Gasteiger partial charge in [0, 0.05) is 6.04 Å². The van der Waals surface area contributed by atoms with Gasteiger partial charge in [-0.05, 0) is 19.1 Å². The molecule has 17 heavy (non-hydrogen) atoms. The number of aromatic carboxylic acids is 1. The Hall–Kier alpha value is -2.35. The lowest BCUT2D eigenvalue weighted by atomic mass is 10.1. The quantitative estimate of drug-likeness (QED) is 0.821. The zero-order valence-electron chi connectivity index (χ0n) is 9.30. The highest BCUT2D eigenvalue weighted by Gasteiger charge is 2.16. The van der Waals surface area contributed by atoms with Gasteiger partial charge in [0.25, 0.3) is 5.91 Å². The van der Waals surface area contributed by atoms with E-state index < -0.39 is 11.9 Å². The lowest BCUT2D eigenvalue weighted by Crippen LogP contribution is -2.33. The molecule has 1 unspecified atom stereocenters. The van der Waals surface area contributed by atoms with Crippen LogP contribution in [-0.2, 0) is 0 Å². The van der Waals surface area contributed by atoms with Crippen LogP contribution in [0.2, 0.25) is 0 Å². The summed E-state index contributed by atoms with van der Waals surface area (Å²) >= 11 is 0. The molecule has 0 spiro atoms. The Morgan fingerprint density at radius 1 is 1.41 bits per heavy atom. The van der Waals surface area contributed by atoms with Crippen molar-refractivity contribution in [1.82, 2.24) is 5.32 Å². The summed E-state index contributed by atoms with van der Waals surface area (Å²) < 4.78 is 0. The van der Waals surface area contributed by atoms with Crippen LogP contribution in [0.4, 0.5) is 0 Å². The van der Waals surface area contributed by atoms with Gasteiger partial charge >= 0.3 is 5.97 Å². The summed E-state index contributed by atoms with van der Waals surface area (Å²) in [6, 6.07) is 7.58. The fourth-order valence-electron chi connectivity index (χ4n) is 1.36. The fraction of sp³-hybridized carbons (Fsp3) is 0.250. The van der Waals surface area contributed by atoms with Gasteiger partial charge in [-0.2, -0.15) is 5.26 Å². The molecule has 5 nitrogen and oxygen atoms in total. The van der Waals surface area contributed by atoms with Crippen molar-refractivity contribution < 1.29 is 14.7 Å². The molecule has 1 rings (SSSR count). The number of carboxylic acid groups (broad SMARTS) is 1. The van der Waals surface area contributed by atoms with Crippen LogP contribution in [0.15, 0.2) is 24.3 Å². The van der Waals surface area contributed by atoms with E-state index in [0.29, 0.717) is 0 Å². The first-order valence-corrected chi connectivity index (χ1v) is 5.06. The van der Waals surface area contributed by atoms with Crippen LogP contribution in [0.5, 0.6) is 0 Å². The number of carbonyl (C=O) groups is 2. The predicted molar refractivity (Wildman–Crippen MR) is 60.6 cm³/mol. The number of benzene rings is 1. The molecule has 88 valence electrons. The second-order valence-electron chi connectivity index (χ2n) is 3.59. The van der Waals surface area contributed by atoms with Gasteiger partial charge in [-0.3, -0.25) is 4.79 Å². The predicted octanol–water partition coefficient (Wildman–Crippen LogP) is 1.42. The molecule has 2 N–H and O–H groups in total. The Kier molecular flexibility index (Phi) is 4.23. The van der Waals surface area contributed by atoms with Crippen LogP contribution in [0.25, 0.3) is 0 Å². The molecule has 0 aliphatic carbocycles. The summed E-state index contributed by atoms with van der Waals surface area (Å²) in [7, 11) is 0. The van der Waals surface area contributed by atoms with E-state index in [1.807, 2.05) is 6.07 Å². The van der Waals surface area contributed by atoms with Gasteiger partial charge in [0.15, 0.2) is 0 Å². The maximum atomic E-state index is 11.8. The maximum Gasteiger partial charge on any atom is 0.336 e. The van der Waals surface area contributed by atoms with Crippen molar-refractivity contribution in [1.29, 1.82) is 5.26 Å². The highest BCUT2D eigenvalue weighted by Crippen LogP contribution is 2.09. The lowest BCUT2D eigenvalue weighted by Gasteiger charge is -2.11. The number of amides is 1. The third-order valence-corrected chi connectivity index (χ3v) is 2.18. The van der Waals surface area contributed by atoms with E-state index in [9.17, 15) is 9.59 Å². The van der Waals surface area contributed by atoms with Crippen molar-refractivity contribution in [3.05, 3.63) is 35.4 Å². The van der Waals surface area contributed by atoms with Crippen LogP contribution in [0.3, 0.4) is 0 Å². The number of nitrogens with one attached hydrogen (secondary N) is 1. The first-order chi connectivity index (χ1) is 8.06. The van der Waals surface area contributed by atoms with Gasteiger partial charge in [0.2, 0.25) is 0 Å². The number of carboxylic acids is 1. The molecule has 0 saturated carbocycles. The smallest absolute Gasteiger partial charge is 0.336 e. The van der Waals surface area contributed by atoms with E-state index in [-0.39, 0.29) is 23.6 Å². The zero-order valence-corrected chi connectivity index (χ0v) is 9.30. The van der Waals surface area contributed by atoms with Crippen molar-refractivity contribution in [3.63, 3.8) is 0 Å². The first kappa shape index (κ1) is 12.7. The molecule has 5 heteroatoms. The van der Waals surface area contributed by atoms with Crippen LogP contribution < -0.4 is 5.32 Å². The third-order valence-electron chi connectivity index (χ3n) is 2.18. The van der Waals surface area contributed by atoms with E-state index in [4.69, 9.17) is 10.4 Å². The monoisotopic (exact) mass is 232 g/mol. The van der Waals surface area contributed by atoms with Gasteiger partial charge in [0.1, 0.15) is 0 Å². The Morgan fingerprint density at radius 2 is 2.00 bits per heavy atom. The minimum atomic E-state index is -1.15. The number of rotatable bonds is 4. The second-order valence-corrected chi connectivity index (χ2v) is 3.59. The van der Waals surface area contributed by atoms with Crippen LogP contribution >= 0.6 is 0 Å². The minimum Gasteiger partial charge on any atom is -0.478 e. The zero-order chi connectivity index (χ0) is 12.8. The molecule has 1 aromatic carbocycles. The average Bonchev–Trinajstić information content (AvgIpc) is 2.29. The maximum absolute atomic E-state index is 11.8. The number of carbonyl (C=O) groups excluding carboxylic acids is 1. The van der Waals surface area contributed by atoms with Crippen molar-refractivity contribution in [3.8, 4) is 6.07 Å². The van der Waals surface area contributed by atoms with Crippen molar-refractivity contribution in [2.24, 2.45) is 0 Å². The molecule has 1 atom stereocenters. The van der Waals surface area contributed by atoms with E-state index in [1.165, 1.54) is 12.1 Å². The summed E-state index contributed by atoms with van der Waals surface area (Å²) in [5, 5.41) is 20.0. The van der Waals surface area contributed by atoms with Crippen molar-refractivity contribution >= 4 is 11.9 Å². The topological polar surface area (TPSA) is 90.2 Å². The Bertz CT molecular complexity index is 477. The highest BCUT2D eigenvalue weighted by molar-refractivity contribution is 6.04. The van der Waals surface area contributed by atoms with E-state index in [2.05, 4.69) is 5.32 Å². The molecular weight excluding hydrogens is 220 g/mol. The molecule has 0 fully saturated rings. The largest absolute Gasteiger partial charge is 0.478 e. The molecule has 1 aromatic rings. The normalized spacial score (nSPS) is 11.3. The average molecular weight is 232 g/mol. The molecule has 0 aliphatic heterocycles. The molecule has 1 amide bonds. The number of hydrogen-bond acceptors (Lipinski definition) is 3. The van der Waals surface area contributed by atoms with Gasteiger partial charge < -0.3 is 10.4 Å². The Morgan fingerprint density at radius 3 is 2.53 bits per heavy atom. The summed E-state index contributed by atoms with van der Waals surface area (Å²) in [6.45, 7) is 1.69. The van der Waals surface area contributed by atoms with Gasteiger partial charge in [0.05, 0.1) is 23.6 Å². The van der Waals surface area contributed by atoms with Crippen molar-refractivity contribution in [2.45, 2.75) is 19.4 Å². The molecule has 0 heterocycles. The Labute approximate surface area is 98.7 Å². The highest BCUT2D eigenvalue weighted by atomic mass is 16.4. The molecule has 0 aromatic heterocycles. The Balaban J connectivity index is 2.90. The standard InChI is InChI=1S/C12H12N2O3/c1-8(6-7-13)14-11(15)9-4-2-3-5-10(9)12(16)17/h2-5,8H,6H2,1H3,(H,14,15)(H,16,17). The van der Waals surface area contributed by atoms with Crippen LogP contribution in [-0.4, -0.2) is 23.0 Å². The van der Waals surface area contributed by atoms with Gasteiger partial charge in [-0.15, -0.1) is 0 Å². The molecule has 0 radical (unpaired) electrons. The number of nitrogens with zero attached hydrogens (tertiary/aromatic N) is 1. The van der Waals surface area contributed by atoms with Crippen LogP contribution in [0.1, 0.15) is 34.1 Å². The lowest BCUT2D eigenvalue weighted by molar-refractivity contribution is 0.0690. The number of hydrogen-bond donors (Lipinski definition) is 2. The molecule has 0 aliphatic rings. The van der Waals surface area contributed by atoms with Gasteiger partial charge in [-0.1, -0.05) is 12.1 Å². The SMILES string of the molecule is CC(CC#N)NC(=O)c1ccccc1C(=O)O. The summed E-state index contributed by atoms with van der Waals surface area (Å²) in [5.41, 5.74) is 0.0546. The van der Waals surface area contributed by atoms with Crippen molar-refractivity contribution in [2.75, 3.05) is 0 Å². The second kappa shape index (κ2) is 5.66. The summed E-state index contributed by atoms with van der Waals surface area (Å²) in [4.78, 5) is 22.7. The molecule has 0 saturated heterocycles. The van der Waals surface area contributed by atoms with Gasteiger partial charge in [-0.25, -0.2) is 4.79 Å². The van der Waals surface area contributed by atoms with E-state index in [0.717, 1.165) is 0 Å².